The number of allylic oxidation sites excluding steroid dienone is 1. The van der Waals surface area contributed by atoms with Crippen LogP contribution in [-0.4, -0.2) is 17.3 Å². The molecule has 0 bridgehead atoms. The minimum absolute atomic E-state index is 0.207. The molecule has 0 aliphatic rings. The Balaban J connectivity index is 3.39. The maximum absolute atomic E-state index is 10.9. The summed E-state index contributed by atoms with van der Waals surface area (Å²) in [4.78, 5) is 11.8. The Hall–Kier alpha value is -1.73. The van der Waals surface area contributed by atoms with Crippen molar-refractivity contribution in [3.8, 4) is 6.07 Å². The van der Waals surface area contributed by atoms with Crippen molar-refractivity contribution in [3.05, 3.63) is 35.4 Å². The maximum atomic E-state index is 10.9. The SMILES string of the molecule is CSc1ccccc1/C(C)=C(\C#N)C(=O)O. The fourth-order valence-corrected chi connectivity index (χ4v) is 2.04. The van der Waals surface area contributed by atoms with Crippen molar-refractivity contribution in [2.75, 3.05) is 6.26 Å². The van der Waals surface area contributed by atoms with Gasteiger partial charge in [0, 0.05) is 4.90 Å². The number of thioether (sulfide) groups is 1. The first-order valence-corrected chi connectivity index (χ1v) is 5.82. The molecular weight excluding hydrogens is 222 g/mol. The highest BCUT2D eigenvalue weighted by molar-refractivity contribution is 7.98. The molecule has 4 heteroatoms. The molecule has 1 aromatic rings. The van der Waals surface area contributed by atoms with E-state index in [0.717, 1.165) is 10.5 Å². The number of carboxylic acids is 1. The summed E-state index contributed by atoms with van der Waals surface area (Å²) in [6.07, 6.45) is 1.92. The zero-order valence-electron chi connectivity index (χ0n) is 9.02. The van der Waals surface area contributed by atoms with Crippen molar-refractivity contribution in [3.63, 3.8) is 0 Å². The van der Waals surface area contributed by atoms with Gasteiger partial charge in [0.2, 0.25) is 0 Å². The molecule has 0 atom stereocenters. The molecule has 0 saturated carbocycles. The molecule has 16 heavy (non-hydrogen) atoms. The zero-order chi connectivity index (χ0) is 12.1. The molecule has 1 aromatic carbocycles. The lowest BCUT2D eigenvalue weighted by Crippen LogP contribution is -2.01. The predicted octanol–water partition coefficient (Wildman–Crippen LogP) is 2.79. The van der Waals surface area contributed by atoms with E-state index in [1.165, 1.54) is 11.8 Å². The van der Waals surface area contributed by atoms with Gasteiger partial charge in [-0.05, 0) is 30.4 Å². The van der Waals surface area contributed by atoms with E-state index in [4.69, 9.17) is 10.4 Å². The quantitative estimate of drug-likeness (QED) is 0.495. The summed E-state index contributed by atoms with van der Waals surface area (Å²) in [5.41, 5.74) is 1.09. The molecule has 0 aliphatic carbocycles. The first-order valence-electron chi connectivity index (χ1n) is 4.59. The van der Waals surface area contributed by atoms with Crippen molar-refractivity contribution in [2.24, 2.45) is 0 Å². The minimum atomic E-state index is -1.18. The van der Waals surface area contributed by atoms with Crippen molar-refractivity contribution < 1.29 is 9.90 Å². The van der Waals surface area contributed by atoms with E-state index in [2.05, 4.69) is 0 Å². The van der Waals surface area contributed by atoms with E-state index in [1.54, 1.807) is 13.0 Å². The molecule has 0 unspecified atom stereocenters. The monoisotopic (exact) mass is 233 g/mol. The molecule has 1 N–H and O–H groups in total. The number of rotatable bonds is 3. The molecule has 0 fully saturated rings. The van der Waals surface area contributed by atoms with Crippen LogP contribution in [0.1, 0.15) is 12.5 Å². The second kappa shape index (κ2) is 5.38. The van der Waals surface area contributed by atoms with Crippen LogP contribution in [0.5, 0.6) is 0 Å². The number of aliphatic carboxylic acids is 1. The number of carboxylic acid groups (broad SMARTS) is 1. The third-order valence-electron chi connectivity index (χ3n) is 2.21. The van der Waals surface area contributed by atoms with Crippen LogP contribution in [-0.2, 0) is 4.79 Å². The van der Waals surface area contributed by atoms with E-state index in [1.807, 2.05) is 30.5 Å². The first kappa shape index (κ1) is 12.3. The summed E-state index contributed by atoms with van der Waals surface area (Å²) >= 11 is 1.53. The number of carbonyl (C=O) groups is 1. The third-order valence-corrected chi connectivity index (χ3v) is 3.01. The van der Waals surface area contributed by atoms with E-state index in [0.29, 0.717) is 5.57 Å². The minimum Gasteiger partial charge on any atom is -0.477 e. The molecule has 1 rings (SSSR count). The van der Waals surface area contributed by atoms with Gasteiger partial charge >= 0.3 is 5.97 Å². The number of nitrogens with zero attached hydrogens (tertiary/aromatic N) is 1. The Kier molecular flexibility index (Phi) is 4.15. The van der Waals surface area contributed by atoms with Gasteiger partial charge in [-0.15, -0.1) is 11.8 Å². The topological polar surface area (TPSA) is 61.1 Å². The number of benzene rings is 1. The van der Waals surface area contributed by atoms with E-state index < -0.39 is 5.97 Å². The average molecular weight is 233 g/mol. The molecular formula is C12H11NO2S. The second-order valence-electron chi connectivity index (χ2n) is 3.12. The summed E-state index contributed by atoms with van der Waals surface area (Å²) in [5.74, 6) is -1.18. The molecule has 0 spiro atoms. The lowest BCUT2D eigenvalue weighted by atomic mass is 10.0. The van der Waals surface area contributed by atoms with Gasteiger partial charge in [-0.3, -0.25) is 0 Å². The molecule has 82 valence electrons. The summed E-state index contributed by atoms with van der Waals surface area (Å²) in [5, 5.41) is 17.7. The second-order valence-corrected chi connectivity index (χ2v) is 3.97. The van der Waals surface area contributed by atoms with Crippen molar-refractivity contribution in [2.45, 2.75) is 11.8 Å². The van der Waals surface area contributed by atoms with Gasteiger partial charge in [-0.2, -0.15) is 5.26 Å². The van der Waals surface area contributed by atoms with Crippen LogP contribution in [0, 0.1) is 11.3 Å². The van der Waals surface area contributed by atoms with Crippen molar-refractivity contribution in [1.82, 2.24) is 0 Å². The van der Waals surface area contributed by atoms with Gasteiger partial charge in [0.15, 0.2) is 0 Å². The number of nitriles is 1. The van der Waals surface area contributed by atoms with Gasteiger partial charge in [-0.25, -0.2) is 4.79 Å². The predicted molar refractivity (Wildman–Crippen MR) is 64.1 cm³/mol. The van der Waals surface area contributed by atoms with Crippen LogP contribution < -0.4 is 0 Å². The van der Waals surface area contributed by atoms with E-state index in [9.17, 15) is 4.79 Å². The van der Waals surface area contributed by atoms with Crippen LogP contribution in [0.2, 0.25) is 0 Å². The molecule has 0 amide bonds. The Morgan fingerprint density at radius 3 is 2.56 bits per heavy atom. The Bertz CT molecular complexity index is 486. The number of hydrogen-bond acceptors (Lipinski definition) is 3. The molecule has 0 aromatic heterocycles. The zero-order valence-corrected chi connectivity index (χ0v) is 9.84. The first-order chi connectivity index (χ1) is 7.61. The average Bonchev–Trinajstić information content (AvgIpc) is 2.29. The fourth-order valence-electron chi connectivity index (χ4n) is 1.38. The normalized spacial score (nSPS) is 11.6. The Morgan fingerprint density at radius 2 is 2.06 bits per heavy atom. The van der Waals surface area contributed by atoms with Crippen LogP contribution in [0.15, 0.2) is 34.7 Å². The Morgan fingerprint density at radius 1 is 1.44 bits per heavy atom. The lowest BCUT2D eigenvalue weighted by Gasteiger charge is -2.07. The summed E-state index contributed by atoms with van der Waals surface area (Å²) in [7, 11) is 0. The van der Waals surface area contributed by atoms with Gasteiger partial charge in [0.25, 0.3) is 0 Å². The van der Waals surface area contributed by atoms with Crippen LogP contribution in [0.25, 0.3) is 5.57 Å². The third kappa shape index (κ3) is 2.44. The van der Waals surface area contributed by atoms with Crippen LogP contribution in [0.4, 0.5) is 0 Å². The van der Waals surface area contributed by atoms with E-state index in [-0.39, 0.29) is 5.57 Å². The molecule has 0 aliphatic heterocycles. The van der Waals surface area contributed by atoms with Crippen molar-refractivity contribution in [1.29, 1.82) is 5.26 Å². The molecule has 0 radical (unpaired) electrons. The van der Waals surface area contributed by atoms with Crippen LogP contribution >= 0.6 is 11.8 Å². The highest BCUT2D eigenvalue weighted by Crippen LogP contribution is 2.28. The molecule has 0 saturated heterocycles. The largest absolute Gasteiger partial charge is 0.477 e. The number of hydrogen-bond donors (Lipinski definition) is 1. The van der Waals surface area contributed by atoms with Crippen molar-refractivity contribution >= 4 is 23.3 Å². The summed E-state index contributed by atoms with van der Waals surface area (Å²) < 4.78 is 0. The van der Waals surface area contributed by atoms with Gasteiger partial charge in [0.1, 0.15) is 11.6 Å². The van der Waals surface area contributed by atoms with Gasteiger partial charge in [0.05, 0.1) is 0 Å². The maximum Gasteiger partial charge on any atom is 0.346 e. The van der Waals surface area contributed by atoms with E-state index >= 15 is 0 Å². The highest BCUT2D eigenvalue weighted by Gasteiger charge is 2.13. The highest BCUT2D eigenvalue weighted by atomic mass is 32.2. The fraction of sp³-hybridized carbons (Fsp3) is 0.167. The standard InChI is InChI=1S/C12H11NO2S/c1-8(10(7-13)12(14)15)9-5-3-4-6-11(9)16-2/h3-6H,1-2H3,(H,14,15)/b10-8+. The van der Waals surface area contributed by atoms with Gasteiger partial charge < -0.3 is 5.11 Å². The molecule has 0 heterocycles. The summed E-state index contributed by atoms with van der Waals surface area (Å²) in [6, 6.07) is 9.16. The van der Waals surface area contributed by atoms with Crippen LogP contribution in [0.3, 0.4) is 0 Å². The summed E-state index contributed by atoms with van der Waals surface area (Å²) in [6.45, 7) is 1.65. The lowest BCUT2D eigenvalue weighted by molar-refractivity contribution is -0.132. The Labute approximate surface area is 98.4 Å². The van der Waals surface area contributed by atoms with Gasteiger partial charge in [-0.1, -0.05) is 18.2 Å². The smallest absolute Gasteiger partial charge is 0.346 e. The molecule has 3 nitrogen and oxygen atoms in total.